The van der Waals surface area contributed by atoms with Gasteiger partial charge in [-0.1, -0.05) is 0 Å². The Hall–Kier alpha value is -1.07. The van der Waals surface area contributed by atoms with Gasteiger partial charge < -0.3 is 10.1 Å². The molecule has 1 aliphatic rings. The van der Waals surface area contributed by atoms with Crippen molar-refractivity contribution in [3.63, 3.8) is 0 Å². The molecule has 4 nitrogen and oxygen atoms in total. The first-order valence-electron chi connectivity index (χ1n) is 7.74. The Labute approximate surface area is 140 Å². The molecule has 1 aromatic rings. The Morgan fingerprint density at radius 2 is 2.05 bits per heavy atom. The van der Waals surface area contributed by atoms with E-state index in [4.69, 9.17) is 16.3 Å². The molecular formula is C16H22ClNO3S. The zero-order valence-corrected chi connectivity index (χ0v) is 14.6. The van der Waals surface area contributed by atoms with E-state index >= 15 is 0 Å². The van der Waals surface area contributed by atoms with E-state index in [9.17, 15) is 9.59 Å². The Bertz CT molecular complexity index is 554. The number of hydrogen-bond acceptors (Lipinski definition) is 4. The van der Waals surface area contributed by atoms with Crippen molar-refractivity contribution in [3.05, 3.63) is 16.0 Å². The van der Waals surface area contributed by atoms with E-state index in [1.807, 2.05) is 13.8 Å². The lowest BCUT2D eigenvalue weighted by atomic mass is 9.95. The maximum absolute atomic E-state index is 12.4. The fourth-order valence-corrected chi connectivity index (χ4v) is 3.99. The van der Waals surface area contributed by atoms with Gasteiger partial charge in [-0.05, 0) is 51.5 Å². The average molecular weight is 344 g/mol. The first-order chi connectivity index (χ1) is 10.5. The number of rotatable bonds is 6. The Morgan fingerprint density at radius 3 is 2.73 bits per heavy atom. The summed E-state index contributed by atoms with van der Waals surface area (Å²) in [6.45, 7) is 3.66. The van der Waals surface area contributed by atoms with Crippen LogP contribution < -0.4 is 5.32 Å². The summed E-state index contributed by atoms with van der Waals surface area (Å²) in [5.74, 6) is 0.0243. The van der Waals surface area contributed by atoms with E-state index in [-0.39, 0.29) is 18.0 Å². The minimum atomic E-state index is -0.331. The molecule has 0 radical (unpaired) electrons. The molecular weight excluding hydrogens is 322 g/mol. The molecule has 1 N–H and O–H groups in total. The van der Waals surface area contributed by atoms with Gasteiger partial charge >= 0.3 is 5.97 Å². The summed E-state index contributed by atoms with van der Waals surface area (Å²) >= 11 is 7.13. The number of nitrogens with one attached hydrogen (secondary N) is 1. The normalized spacial score (nSPS) is 13.8. The summed E-state index contributed by atoms with van der Waals surface area (Å²) in [5.41, 5.74) is 1.63. The Morgan fingerprint density at radius 1 is 1.32 bits per heavy atom. The molecule has 0 aliphatic heterocycles. The predicted molar refractivity (Wildman–Crippen MR) is 90.1 cm³/mol. The van der Waals surface area contributed by atoms with Crippen LogP contribution in [-0.4, -0.2) is 23.9 Å². The third-order valence-corrected chi connectivity index (χ3v) is 4.98. The monoisotopic (exact) mass is 343 g/mol. The summed E-state index contributed by atoms with van der Waals surface area (Å²) in [4.78, 5) is 25.6. The zero-order chi connectivity index (χ0) is 16.1. The summed E-state index contributed by atoms with van der Waals surface area (Å²) < 4.78 is 5.36. The largest absolute Gasteiger partial charge is 0.459 e. The van der Waals surface area contributed by atoms with Gasteiger partial charge in [0.05, 0.1) is 11.7 Å². The zero-order valence-electron chi connectivity index (χ0n) is 13.0. The van der Waals surface area contributed by atoms with Gasteiger partial charge in [0, 0.05) is 17.2 Å². The molecule has 0 spiro atoms. The first-order valence-corrected chi connectivity index (χ1v) is 9.09. The number of carbonyl (C=O) groups excluding carboxylic acids is 2. The molecule has 1 heterocycles. The van der Waals surface area contributed by atoms with E-state index in [2.05, 4.69) is 5.32 Å². The fraction of sp³-hybridized carbons (Fsp3) is 0.625. The van der Waals surface area contributed by atoms with Crippen LogP contribution in [0.4, 0.5) is 5.00 Å². The van der Waals surface area contributed by atoms with Crippen LogP contribution in [0.25, 0.3) is 0 Å². The SMILES string of the molecule is CC(C)OC(=O)c1c(NC(=O)CCCCl)sc2c1CCCC2. The second-order valence-electron chi connectivity index (χ2n) is 5.71. The van der Waals surface area contributed by atoms with Crippen LogP contribution in [0.5, 0.6) is 0 Å². The second kappa shape index (κ2) is 7.97. The first kappa shape index (κ1) is 17.3. The predicted octanol–water partition coefficient (Wildman–Crippen LogP) is 4.15. The molecule has 0 fully saturated rings. The highest BCUT2D eigenvalue weighted by Gasteiger charge is 2.27. The number of halogens is 1. The van der Waals surface area contributed by atoms with Crippen LogP contribution in [0.1, 0.15) is 60.3 Å². The van der Waals surface area contributed by atoms with Crippen molar-refractivity contribution in [2.45, 2.75) is 58.5 Å². The molecule has 22 heavy (non-hydrogen) atoms. The minimum absolute atomic E-state index is 0.0992. The van der Waals surface area contributed by atoms with E-state index in [0.717, 1.165) is 31.2 Å². The molecule has 6 heteroatoms. The molecule has 1 amide bonds. The van der Waals surface area contributed by atoms with Crippen molar-refractivity contribution >= 4 is 39.8 Å². The fourth-order valence-electron chi connectivity index (χ4n) is 2.56. The number of carbonyl (C=O) groups is 2. The molecule has 1 aliphatic carbocycles. The van der Waals surface area contributed by atoms with Crippen molar-refractivity contribution in [2.24, 2.45) is 0 Å². The van der Waals surface area contributed by atoms with Crippen LogP contribution in [-0.2, 0) is 22.4 Å². The molecule has 0 saturated heterocycles. The number of thiophene rings is 1. The van der Waals surface area contributed by atoms with Gasteiger partial charge in [0.1, 0.15) is 5.00 Å². The van der Waals surface area contributed by atoms with Crippen LogP contribution >= 0.6 is 22.9 Å². The smallest absolute Gasteiger partial charge is 0.341 e. The molecule has 0 unspecified atom stereocenters. The molecule has 2 rings (SSSR count). The summed E-state index contributed by atoms with van der Waals surface area (Å²) in [7, 11) is 0. The van der Waals surface area contributed by atoms with Gasteiger partial charge in [-0.15, -0.1) is 22.9 Å². The van der Waals surface area contributed by atoms with E-state index in [1.165, 1.54) is 16.2 Å². The maximum Gasteiger partial charge on any atom is 0.341 e. The van der Waals surface area contributed by atoms with Crippen molar-refractivity contribution in [1.82, 2.24) is 0 Å². The number of ether oxygens (including phenoxy) is 1. The number of hydrogen-bond donors (Lipinski definition) is 1. The molecule has 0 atom stereocenters. The molecule has 0 bridgehead atoms. The third-order valence-electron chi connectivity index (χ3n) is 3.51. The van der Waals surface area contributed by atoms with Crippen LogP contribution in [0, 0.1) is 0 Å². The molecule has 0 aromatic carbocycles. The van der Waals surface area contributed by atoms with Crippen molar-refractivity contribution in [1.29, 1.82) is 0 Å². The number of anilines is 1. The quantitative estimate of drug-likeness (QED) is 0.623. The minimum Gasteiger partial charge on any atom is -0.459 e. The summed E-state index contributed by atoms with van der Waals surface area (Å²) in [6.07, 6.45) is 4.88. The lowest BCUT2D eigenvalue weighted by Gasteiger charge is -2.14. The van der Waals surface area contributed by atoms with E-state index in [1.54, 1.807) is 0 Å². The standard InChI is InChI=1S/C16H22ClNO3S/c1-10(2)21-16(20)14-11-6-3-4-7-12(11)22-15(14)18-13(19)8-5-9-17/h10H,3-9H2,1-2H3,(H,18,19). The van der Waals surface area contributed by atoms with Gasteiger partial charge in [-0.3, -0.25) is 4.79 Å². The number of esters is 1. The Kier molecular flexibility index (Phi) is 6.26. The van der Waals surface area contributed by atoms with Crippen molar-refractivity contribution in [3.8, 4) is 0 Å². The highest BCUT2D eigenvalue weighted by Crippen LogP contribution is 2.38. The van der Waals surface area contributed by atoms with Gasteiger partial charge in [0.15, 0.2) is 0 Å². The van der Waals surface area contributed by atoms with Gasteiger partial charge in [-0.25, -0.2) is 4.79 Å². The summed E-state index contributed by atoms with van der Waals surface area (Å²) in [5, 5.41) is 3.51. The maximum atomic E-state index is 12.4. The van der Waals surface area contributed by atoms with E-state index < -0.39 is 0 Å². The van der Waals surface area contributed by atoms with Crippen molar-refractivity contribution < 1.29 is 14.3 Å². The highest BCUT2D eigenvalue weighted by molar-refractivity contribution is 7.17. The number of fused-ring (bicyclic) bond motifs is 1. The lowest BCUT2D eigenvalue weighted by molar-refractivity contribution is -0.116. The number of alkyl halides is 1. The van der Waals surface area contributed by atoms with Crippen molar-refractivity contribution in [2.75, 3.05) is 11.2 Å². The van der Waals surface area contributed by atoms with E-state index in [0.29, 0.717) is 29.3 Å². The molecule has 122 valence electrons. The van der Waals surface area contributed by atoms with Crippen LogP contribution in [0.15, 0.2) is 0 Å². The lowest BCUT2D eigenvalue weighted by Crippen LogP contribution is -2.17. The van der Waals surface area contributed by atoms with Crippen LogP contribution in [0.2, 0.25) is 0 Å². The van der Waals surface area contributed by atoms with Gasteiger partial charge in [0.25, 0.3) is 0 Å². The van der Waals surface area contributed by atoms with Crippen LogP contribution in [0.3, 0.4) is 0 Å². The molecule has 1 aromatic heterocycles. The topological polar surface area (TPSA) is 55.4 Å². The average Bonchev–Trinajstić information content (AvgIpc) is 2.82. The van der Waals surface area contributed by atoms with Gasteiger partial charge in [-0.2, -0.15) is 0 Å². The third kappa shape index (κ3) is 4.23. The molecule has 0 saturated carbocycles. The summed E-state index contributed by atoms with van der Waals surface area (Å²) in [6, 6.07) is 0. The second-order valence-corrected chi connectivity index (χ2v) is 7.19. The Balaban J connectivity index is 2.25. The van der Waals surface area contributed by atoms with Gasteiger partial charge in [0.2, 0.25) is 5.91 Å². The number of aryl methyl sites for hydroxylation is 1. The number of amides is 1. The highest BCUT2D eigenvalue weighted by atomic mass is 35.5.